The maximum Gasteiger partial charge on any atom is 0.330 e. The summed E-state index contributed by atoms with van der Waals surface area (Å²) in [4.78, 5) is 39.1. The number of carbonyl (C=O) groups is 3. The van der Waals surface area contributed by atoms with Gasteiger partial charge in [-0.05, 0) is 85.5 Å². The molecular weight excluding hydrogens is 456 g/mol. The Balaban J connectivity index is 1.76. The standard InChI is InChI=1S/C30H44O6/c1-16(9-8-10-17(2)26(35)36)18-13-23(34)30(7)25-19(31)14-21-27(3,4)22(33)11-12-28(21,5)24(25)20(32)15-29(18,30)6/h10,16,18-19,21-22,31,33H,8-9,11-15H2,1-7H3,(H,35,36). The summed E-state index contributed by atoms with van der Waals surface area (Å²) < 4.78 is 0. The van der Waals surface area contributed by atoms with Crippen LogP contribution in [0.5, 0.6) is 0 Å². The minimum atomic E-state index is -0.924. The minimum Gasteiger partial charge on any atom is -0.478 e. The van der Waals surface area contributed by atoms with Gasteiger partial charge in [-0.25, -0.2) is 4.79 Å². The summed E-state index contributed by atoms with van der Waals surface area (Å²) in [6.07, 6.45) is 4.10. The SMILES string of the molecule is CC(=CCCC(C)C1CC(=O)C2(C)C3=C(C(=O)CC12C)C1(C)CCC(O)C(C)(C)C1CC3O)C(=O)O. The van der Waals surface area contributed by atoms with E-state index in [9.17, 15) is 24.6 Å². The van der Waals surface area contributed by atoms with Gasteiger partial charge < -0.3 is 15.3 Å². The van der Waals surface area contributed by atoms with Gasteiger partial charge in [-0.2, -0.15) is 0 Å². The predicted octanol–water partition coefficient (Wildman–Crippen LogP) is 4.87. The highest BCUT2D eigenvalue weighted by atomic mass is 16.4. The number of aliphatic hydroxyl groups is 2. The lowest BCUT2D eigenvalue weighted by Crippen LogP contribution is -2.60. The highest BCUT2D eigenvalue weighted by molar-refractivity contribution is 6.05. The molecule has 2 saturated carbocycles. The number of aliphatic hydroxyl groups excluding tert-OH is 2. The molecule has 6 nitrogen and oxygen atoms in total. The van der Waals surface area contributed by atoms with E-state index in [0.717, 1.165) is 6.42 Å². The molecule has 0 aromatic carbocycles. The van der Waals surface area contributed by atoms with E-state index in [0.29, 0.717) is 48.8 Å². The van der Waals surface area contributed by atoms with Gasteiger partial charge in [0.1, 0.15) is 5.78 Å². The molecule has 0 radical (unpaired) electrons. The monoisotopic (exact) mass is 500 g/mol. The normalized spacial score (nSPS) is 43.1. The quantitative estimate of drug-likeness (QED) is 0.464. The van der Waals surface area contributed by atoms with Crippen LogP contribution in [0.4, 0.5) is 0 Å². The Labute approximate surface area is 215 Å². The van der Waals surface area contributed by atoms with Crippen molar-refractivity contribution in [3.8, 4) is 0 Å². The van der Waals surface area contributed by atoms with Gasteiger partial charge in [-0.15, -0.1) is 0 Å². The second kappa shape index (κ2) is 8.62. The van der Waals surface area contributed by atoms with Crippen LogP contribution in [0.15, 0.2) is 22.8 Å². The Morgan fingerprint density at radius 3 is 2.39 bits per heavy atom. The van der Waals surface area contributed by atoms with Gasteiger partial charge in [-0.1, -0.05) is 40.7 Å². The summed E-state index contributed by atoms with van der Waals surface area (Å²) in [6, 6.07) is 0. The van der Waals surface area contributed by atoms with E-state index < -0.39 is 39.8 Å². The zero-order valence-electron chi connectivity index (χ0n) is 23.0. The first-order valence-electron chi connectivity index (χ1n) is 13.6. The summed E-state index contributed by atoms with van der Waals surface area (Å²) in [5.74, 6) is -0.704. The molecule has 8 atom stereocenters. The molecule has 0 saturated heterocycles. The van der Waals surface area contributed by atoms with Crippen LogP contribution in [-0.2, 0) is 14.4 Å². The third kappa shape index (κ3) is 3.53. The van der Waals surface area contributed by atoms with Crippen molar-refractivity contribution in [1.29, 1.82) is 0 Å². The first-order valence-corrected chi connectivity index (χ1v) is 13.6. The molecule has 0 aliphatic heterocycles. The van der Waals surface area contributed by atoms with Crippen molar-refractivity contribution in [2.75, 3.05) is 0 Å². The number of hydrogen-bond acceptors (Lipinski definition) is 5. The van der Waals surface area contributed by atoms with Crippen molar-refractivity contribution in [1.82, 2.24) is 0 Å². The molecule has 0 spiro atoms. The summed E-state index contributed by atoms with van der Waals surface area (Å²) in [5, 5.41) is 31.5. The van der Waals surface area contributed by atoms with Gasteiger partial charge in [0, 0.05) is 24.0 Å². The number of rotatable bonds is 5. The van der Waals surface area contributed by atoms with Crippen LogP contribution >= 0.6 is 0 Å². The molecule has 0 heterocycles. The number of aliphatic carboxylic acids is 1. The maximum absolute atomic E-state index is 14.1. The molecule has 0 aromatic heterocycles. The lowest BCUT2D eigenvalue weighted by atomic mass is 9.42. The summed E-state index contributed by atoms with van der Waals surface area (Å²) in [7, 11) is 0. The Kier molecular flexibility index (Phi) is 6.53. The second-order valence-electron chi connectivity index (χ2n) is 13.5. The van der Waals surface area contributed by atoms with Crippen LogP contribution in [0.3, 0.4) is 0 Å². The zero-order valence-corrected chi connectivity index (χ0v) is 23.0. The molecule has 3 N–H and O–H groups in total. The maximum atomic E-state index is 14.1. The molecule has 36 heavy (non-hydrogen) atoms. The number of carboxylic acids is 1. The van der Waals surface area contributed by atoms with E-state index in [4.69, 9.17) is 5.11 Å². The van der Waals surface area contributed by atoms with Gasteiger partial charge in [0.25, 0.3) is 0 Å². The van der Waals surface area contributed by atoms with Crippen molar-refractivity contribution >= 4 is 17.5 Å². The van der Waals surface area contributed by atoms with Gasteiger partial charge in [0.05, 0.1) is 17.6 Å². The van der Waals surface area contributed by atoms with Crippen LogP contribution in [0.25, 0.3) is 0 Å². The molecule has 4 rings (SSSR count). The highest BCUT2D eigenvalue weighted by Crippen LogP contribution is 2.70. The molecule has 0 aromatic rings. The van der Waals surface area contributed by atoms with Crippen LogP contribution in [0.1, 0.15) is 93.4 Å². The smallest absolute Gasteiger partial charge is 0.330 e. The topological polar surface area (TPSA) is 112 Å². The van der Waals surface area contributed by atoms with E-state index in [2.05, 4.69) is 20.8 Å². The minimum absolute atomic E-state index is 0.0196. The third-order valence-electron chi connectivity index (χ3n) is 11.5. The molecule has 4 aliphatic rings. The number of carbonyl (C=O) groups excluding carboxylic acids is 2. The number of hydrogen-bond donors (Lipinski definition) is 3. The molecule has 4 aliphatic carbocycles. The molecule has 0 bridgehead atoms. The number of ketones is 2. The van der Waals surface area contributed by atoms with Crippen LogP contribution in [-0.4, -0.2) is 45.1 Å². The number of fused-ring (bicyclic) bond motifs is 4. The van der Waals surface area contributed by atoms with E-state index in [1.807, 2.05) is 20.8 Å². The van der Waals surface area contributed by atoms with Gasteiger partial charge in [-0.3, -0.25) is 9.59 Å². The number of allylic oxidation sites excluding steroid dienone is 2. The van der Waals surface area contributed by atoms with Crippen molar-refractivity contribution in [2.24, 2.45) is 39.4 Å². The van der Waals surface area contributed by atoms with E-state index >= 15 is 0 Å². The molecular formula is C30H44O6. The van der Waals surface area contributed by atoms with Crippen molar-refractivity contribution in [3.63, 3.8) is 0 Å². The number of Topliss-reactive ketones (excluding diaryl/α,β-unsaturated/α-hetero) is 2. The fourth-order valence-electron chi connectivity index (χ4n) is 8.95. The Morgan fingerprint density at radius 2 is 1.78 bits per heavy atom. The largest absolute Gasteiger partial charge is 0.478 e. The lowest BCUT2D eigenvalue weighted by Gasteiger charge is -2.61. The fraction of sp³-hybridized carbons (Fsp3) is 0.767. The van der Waals surface area contributed by atoms with Gasteiger partial charge >= 0.3 is 5.97 Å². The lowest BCUT2D eigenvalue weighted by molar-refractivity contribution is -0.142. The Bertz CT molecular complexity index is 1050. The number of carboxylic acid groups (broad SMARTS) is 1. The van der Waals surface area contributed by atoms with E-state index in [1.54, 1.807) is 13.0 Å². The van der Waals surface area contributed by atoms with E-state index in [-0.39, 0.29) is 35.7 Å². The van der Waals surface area contributed by atoms with Crippen LogP contribution in [0.2, 0.25) is 0 Å². The van der Waals surface area contributed by atoms with Crippen LogP contribution in [0, 0.1) is 39.4 Å². The first-order chi connectivity index (χ1) is 16.5. The molecule has 8 unspecified atom stereocenters. The average molecular weight is 501 g/mol. The average Bonchev–Trinajstić information content (AvgIpc) is 2.99. The fourth-order valence-corrected chi connectivity index (χ4v) is 8.95. The van der Waals surface area contributed by atoms with Crippen molar-refractivity contribution < 1.29 is 29.7 Å². The van der Waals surface area contributed by atoms with Crippen molar-refractivity contribution in [3.05, 3.63) is 22.8 Å². The summed E-state index contributed by atoms with van der Waals surface area (Å²) in [6.45, 7) is 13.9. The zero-order chi connectivity index (χ0) is 27.0. The van der Waals surface area contributed by atoms with Crippen molar-refractivity contribution in [2.45, 2.75) is 106 Å². The third-order valence-corrected chi connectivity index (χ3v) is 11.5. The summed E-state index contributed by atoms with van der Waals surface area (Å²) in [5.41, 5.74) is -0.762. The first kappa shape index (κ1) is 27.3. The molecule has 0 amide bonds. The van der Waals surface area contributed by atoms with Gasteiger partial charge in [0.2, 0.25) is 0 Å². The Morgan fingerprint density at radius 1 is 1.14 bits per heavy atom. The second-order valence-corrected chi connectivity index (χ2v) is 13.5. The highest BCUT2D eigenvalue weighted by Gasteiger charge is 2.70. The summed E-state index contributed by atoms with van der Waals surface area (Å²) >= 11 is 0. The Hall–Kier alpha value is -1.79. The predicted molar refractivity (Wildman–Crippen MR) is 137 cm³/mol. The molecule has 200 valence electrons. The molecule has 2 fully saturated rings. The molecule has 6 heteroatoms. The van der Waals surface area contributed by atoms with Gasteiger partial charge in [0.15, 0.2) is 5.78 Å². The van der Waals surface area contributed by atoms with E-state index in [1.165, 1.54) is 0 Å². The van der Waals surface area contributed by atoms with Crippen LogP contribution < -0.4 is 0 Å².